The van der Waals surface area contributed by atoms with Gasteiger partial charge in [0.15, 0.2) is 0 Å². The van der Waals surface area contributed by atoms with Crippen LogP contribution in [0.15, 0.2) is 41.3 Å². The van der Waals surface area contributed by atoms with Crippen molar-refractivity contribution in [2.24, 2.45) is 0 Å². The number of nitrogens with zero attached hydrogens (tertiary/aromatic N) is 1. The highest BCUT2D eigenvalue weighted by Crippen LogP contribution is 2.29. The van der Waals surface area contributed by atoms with Crippen LogP contribution in [0.5, 0.6) is 5.75 Å². The lowest BCUT2D eigenvalue weighted by Gasteiger charge is -2.12. The summed E-state index contributed by atoms with van der Waals surface area (Å²) in [5, 5.41) is 22.4. The summed E-state index contributed by atoms with van der Waals surface area (Å²) in [5.74, 6) is 1.10. The maximum absolute atomic E-state index is 9.81. The molecule has 0 saturated carbocycles. The van der Waals surface area contributed by atoms with E-state index in [1.165, 1.54) is 0 Å². The van der Waals surface area contributed by atoms with Gasteiger partial charge in [-0.05, 0) is 36.1 Å². The van der Waals surface area contributed by atoms with Crippen molar-refractivity contribution in [1.29, 1.82) is 5.26 Å². The van der Waals surface area contributed by atoms with E-state index in [9.17, 15) is 10.4 Å². The van der Waals surface area contributed by atoms with Crippen LogP contribution in [0.25, 0.3) is 0 Å². The van der Waals surface area contributed by atoms with Gasteiger partial charge >= 0.3 is 0 Å². The second-order valence-corrected chi connectivity index (χ2v) is 5.77. The van der Waals surface area contributed by atoms with Gasteiger partial charge < -0.3 is 16.2 Å². The summed E-state index contributed by atoms with van der Waals surface area (Å²) in [6.45, 7) is 2.46. The zero-order valence-corrected chi connectivity index (χ0v) is 12.6. The molecule has 4 N–H and O–H groups in total. The zero-order chi connectivity index (χ0) is 15.2. The molecule has 0 spiro atoms. The van der Waals surface area contributed by atoms with Crippen LogP contribution < -0.4 is 11.1 Å². The molecule has 0 unspecified atom stereocenters. The van der Waals surface area contributed by atoms with E-state index in [-0.39, 0.29) is 5.75 Å². The zero-order valence-electron chi connectivity index (χ0n) is 11.8. The number of phenols is 1. The molecule has 0 bridgehead atoms. The average molecular weight is 299 g/mol. The van der Waals surface area contributed by atoms with E-state index < -0.39 is 0 Å². The first-order valence-electron chi connectivity index (χ1n) is 6.62. The molecule has 4 nitrogen and oxygen atoms in total. The number of aromatic hydroxyl groups is 1. The molecule has 0 heterocycles. The molecular weight excluding hydrogens is 282 g/mol. The molecule has 0 saturated heterocycles. The van der Waals surface area contributed by atoms with Crippen LogP contribution in [0, 0.1) is 11.3 Å². The molecule has 2 rings (SSSR count). The van der Waals surface area contributed by atoms with Crippen molar-refractivity contribution < 1.29 is 5.11 Å². The van der Waals surface area contributed by atoms with Crippen LogP contribution >= 0.6 is 11.8 Å². The van der Waals surface area contributed by atoms with E-state index in [2.05, 4.69) is 18.3 Å². The number of rotatable bonds is 5. The lowest BCUT2D eigenvalue weighted by molar-refractivity contribution is 0.469. The monoisotopic (exact) mass is 299 g/mol. The molecule has 0 aliphatic carbocycles. The van der Waals surface area contributed by atoms with E-state index in [0.29, 0.717) is 23.4 Å². The molecule has 108 valence electrons. The number of nitrogens with two attached hydrogens (primary N) is 1. The third-order valence-electron chi connectivity index (χ3n) is 3.01. The number of hydrogen-bond donors (Lipinski definition) is 3. The van der Waals surface area contributed by atoms with Gasteiger partial charge in [0.2, 0.25) is 0 Å². The Balaban J connectivity index is 2.22. The summed E-state index contributed by atoms with van der Waals surface area (Å²) >= 11 is 1.64. The molecule has 5 heteroatoms. The lowest BCUT2D eigenvalue weighted by atomic mass is 10.1. The van der Waals surface area contributed by atoms with Crippen molar-refractivity contribution in [1.82, 2.24) is 0 Å². The fourth-order valence-corrected chi connectivity index (χ4v) is 2.79. The summed E-state index contributed by atoms with van der Waals surface area (Å²) in [6.07, 6.45) is 0. The summed E-state index contributed by atoms with van der Waals surface area (Å²) in [6, 6.07) is 12.9. The molecule has 2 aromatic carbocycles. The van der Waals surface area contributed by atoms with Crippen molar-refractivity contribution in [3.05, 3.63) is 47.5 Å². The predicted octanol–water partition coefficient (Wildman–Crippen LogP) is 3.57. The Morgan fingerprint density at radius 1 is 1.33 bits per heavy atom. The van der Waals surface area contributed by atoms with E-state index in [1.807, 2.05) is 18.2 Å². The predicted molar refractivity (Wildman–Crippen MR) is 87.4 cm³/mol. The smallest absolute Gasteiger partial charge is 0.120 e. The van der Waals surface area contributed by atoms with E-state index >= 15 is 0 Å². The highest BCUT2D eigenvalue weighted by Gasteiger charge is 2.09. The molecule has 0 amide bonds. The first-order valence-corrected chi connectivity index (χ1v) is 7.61. The third-order valence-corrected chi connectivity index (χ3v) is 3.95. The highest BCUT2D eigenvalue weighted by atomic mass is 32.2. The molecule has 0 aliphatic rings. The van der Waals surface area contributed by atoms with Crippen molar-refractivity contribution in [2.75, 3.05) is 16.8 Å². The molecule has 0 fully saturated rings. The van der Waals surface area contributed by atoms with Crippen LogP contribution in [0.3, 0.4) is 0 Å². The number of thioether (sulfide) groups is 1. The Morgan fingerprint density at radius 2 is 2.14 bits per heavy atom. The Bertz CT molecular complexity index is 680. The van der Waals surface area contributed by atoms with E-state index in [0.717, 1.165) is 16.3 Å². The van der Waals surface area contributed by atoms with Crippen LogP contribution in [0.2, 0.25) is 0 Å². The fraction of sp³-hybridized carbons (Fsp3) is 0.188. The second kappa shape index (κ2) is 6.91. The number of nitrogens with one attached hydrogen (secondary N) is 1. The van der Waals surface area contributed by atoms with Gasteiger partial charge in [-0.2, -0.15) is 5.26 Å². The van der Waals surface area contributed by atoms with Crippen molar-refractivity contribution in [2.45, 2.75) is 18.4 Å². The van der Waals surface area contributed by atoms with Crippen molar-refractivity contribution >= 4 is 23.1 Å². The number of anilines is 2. The van der Waals surface area contributed by atoms with Gasteiger partial charge in [-0.25, -0.2) is 0 Å². The number of phenolic OH excluding ortho intramolecular Hbond substituents is 1. The van der Waals surface area contributed by atoms with Gasteiger partial charge in [-0.15, -0.1) is 11.8 Å². The topological polar surface area (TPSA) is 82.1 Å². The van der Waals surface area contributed by atoms with Gasteiger partial charge in [-0.3, -0.25) is 0 Å². The summed E-state index contributed by atoms with van der Waals surface area (Å²) < 4.78 is 0. The Morgan fingerprint density at radius 3 is 2.86 bits per heavy atom. The third kappa shape index (κ3) is 3.61. The van der Waals surface area contributed by atoms with Gasteiger partial charge in [0.25, 0.3) is 0 Å². The SMILES string of the molecule is CCSc1cccc(NCc2cc(N)ccc2O)c1C#N. The van der Waals surface area contributed by atoms with Crippen LogP contribution in [0.4, 0.5) is 11.4 Å². The molecule has 2 aromatic rings. The number of benzene rings is 2. The van der Waals surface area contributed by atoms with Crippen LogP contribution in [-0.4, -0.2) is 10.9 Å². The maximum Gasteiger partial charge on any atom is 0.120 e. The van der Waals surface area contributed by atoms with Crippen LogP contribution in [0.1, 0.15) is 18.1 Å². The summed E-state index contributed by atoms with van der Waals surface area (Å²) in [5.41, 5.74) is 8.41. The maximum atomic E-state index is 9.81. The van der Waals surface area contributed by atoms with Gasteiger partial charge in [0, 0.05) is 22.7 Å². The van der Waals surface area contributed by atoms with Crippen LogP contribution in [-0.2, 0) is 6.54 Å². The number of nitriles is 1. The Kier molecular flexibility index (Phi) is 4.96. The molecule has 21 heavy (non-hydrogen) atoms. The van der Waals surface area contributed by atoms with Gasteiger partial charge in [-0.1, -0.05) is 13.0 Å². The normalized spacial score (nSPS) is 10.1. The second-order valence-electron chi connectivity index (χ2n) is 4.47. The van der Waals surface area contributed by atoms with E-state index in [1.54, 1.807) is 30.0 Å². The van der Waals surface area contributed by atoms with Gasteiger partial charge in [0.05, 0.1) is 11.3 Å². The molecule has 0 radical (unpaired) electrons. The highest BCUT2D eigenvalue weighted by molar-refractivity contribution is 7.99. The fourth-order valence-electron chi connectivity index (χ4n) is 2.01. The molecule has 0 aliphatic heterocycles. The Labute approximate surface area is 128 Å². The van der Waals surface area contributed by atoms with Crippen molar-refractivity contribution in [3.63, 3.8) is 0 Å². The van der Waals surface area contributed by atoms with E-state index in [4.69, 9.17) is 5.73 Å². The minimum Gasteiger partial charge on any atom is -0.508 e. The first-order chi connectivity index (χ1) is 10.2. The Hall–Kier alpha value is -2.32. The molecule has 0 aromatic heterocycles. The largest absolute Gasteiger partial charge is 0.508 e. The van der Waals surface area contributed by atoms with Gasteiger partial charge in [0.1, 0.15) is 11.8 Å². The minimum atomic E-state index is 0.189. The van der Waals surface area contributed by atoms with Crippen molar-refractivity contribution in [3.8, 4) is 11.8 Å². The first kappa shape index (κ1) is 15.1. The standard InChI is InChI=1S/C16H17N3OS/c1-2-21-16-5-3-4-14(13(16)9-17)19-10-11-8-12(18)6-7-15(11)20/h3-8,19-20H,2,10,18H2,1H3. The summed E-state index contributed by atoms with van der Waals surface area (Å²) in [4.78, 5) is 0.960. The summed E-state index contributed by atoms with van der Waals surface area (Å²) in [7, 11) is 0. The quantitative estimate of drug-likeness (QED) is 0.446. The molecule has 0 atom stereocenters. The lowest BCUT2D eigenvalue weighted by Crippen LogP contribution is -2.03. The number of nitrogen functional groups attached to an aromatic ring is 1. The number of hydrogen-bond acceptors (Lipinski definition) is 5. The molecular formula is C16H17N3OS. The minimum absolute atomic E-state index is 0.189. The average Bonchev–Trinajstić information content (AvgIpc) is 2.48.